The van der Waals surface area contributed by atoms with E-state index in [0.29, 0.717) is 56.1 Å². The fraction of sp³-hybridized carbons (Fsp3) is 0.143. The van der Waals surface area contributed by atoms with Gasteiger partial charge in [-0.2, -0.15) is 0 Å². The minimum absolute atomic E-state index is 0.229. The average molecular weight is 635 g/mol. The molecule has 0 aromatic heterocycles. The number of carbonyl (C=O) groups is 1. The van der Waals surface area contributed by atoms with Gasteiger partial charge in [0.2, 0.25) is 0 Å². The summed E-state index contributed by atoms with van der Waals surface area (Å²) >= 11 is 22.4. The maximum absolute atomic E-state index is 13.3. The van der Waals surface area contributed by atoms with E-state index in [1.165, 1.54) is 16.7 Å². The highest BCUT2D eigenvalue weighted by Crippen LogP contribution is 2.40. The maximum atomic E-state index is 13.3. The van der Waals surface area contributed by atoms with E-state index in [9.17, 15) is 4.79 Å². The van der Waals surface area contributed by atoms with E-state index in [2.05, 4.69) is 22.5 Å². The van der Waals surface area contributed by atoms with E-state index in [1.54, 1.807) is 18.2 Å². The number of benzene rings is 3. The summed E-state index contributed by atoms with van der Waals surface area (Å²) in [6.45, 7) is 6.66. The van der Waals surface area contributed by atoms with Crippen LogP contribution in [0.4, 0.5) is 5.69 Å². The van der Waals surface area contributed by atoms with Crippen molar-refractivity contribution in [3.63, 3.8) is 0 Å². The molecule has 4 nitrogen and oxygen atoms in total. The number of nitrogens with zero attached hydrogens (tertiary/aromatic N) is 1. The van der Waals surface area contributed by atoms with Gasteiger partial charge in [0.1, 0.15) is 6.61 Å². The highest BCUT2D eigenvalue weighted by molar-refractivity contribution is 9.10. The lowest BCUT2D eigenvalue weighted by Gasteiger charge is -2.17. The minimum atomic E-state index is -0.229. The van der Waals surface area contributed by atoms with Crippen LogP contribution in [0.5, 0.6) is 11.5 Å². The van der Waals surface area contributed by atoms with Crippen molar-refractivity contribution in [2.45, 2.75) is 20.0 Å². The first kappa shape index (κ1) is 27.7. The Kier molecular flexibility index (Phi) is 9.37. The number of thioether (sulfide) groups is 1. The van der Waals surface area contributed by atoms with Crippen molar-refractivity contribution in [2.24, 2.45) is 0 Å². The number of amides is 1. The fourth-order valence-corrected chi connectivity index (χ4v) is 5.56. The molecule has 9 heteroatoms. The molecule has 0 atom stereocenters. The summed E-state index contributed by atoms with van der Waals surface area (Å²) in [5.41, 5.74) is 3.31. The number of thiocarbonyl (C=S) groups is 1. The van der Waals surface area contributed by atoms with Crippen LogP contribution in [0.25, 0.3) is 6.08 Å². The molecular weight excluding hydrogens is 613 g/mol. The molecule has 3 aromatic carbocycles. The molecule has 0 unspecified atom stereocenters. The number of halogens is 3. The van der Waals surface area contributed by atoms with Crippen LogP contribution in [-0.2, 0) is 17.8 Å². The van der Waals surface area contributed by atoms with Crippen LogP contribution in [0.3, 0.4) is 0 Å². The first-order chi connectivity index (χ1) is 17.8. The quantitative estimate of drug-likeness (QED) is 0.134. The van der Waals surface area contributed by atoms with Crippen LogP contribution in [0.15, 0.2) is 76.6 Å². The molecule has 1 saturated heterocycles. The molecule has 37 heavy (non-hydrogen) atoms. The third-order valence-corrected chi connectivity index (χ3v) is 7.94. The first-order valence-electron chi connectivity index (χ1n) is 11.3. The van der Waals surface area contributed by atoms with Crippen LogP contribution in [0.2, 0.25) is 10.0 Å². The number of rotatable bonds is 9. The van der Waals surface area contributed by atoms with Crippen molar-refractivity contribution in [3.05, 3.63) is 103 Å². The molecule has 0 bridgehead atoms. The smallest absolute Gasteiger partial charge is 0.270 e. The molecular formula is C28H22BrCl2NO3S2. The number of hydrogen-bond acceptors (Lipinski definition) is 5. The molecule has 190 valence electrons. The molecule has 3 aromatic rings. The van der Waals surface area contributed by atoms with Gasteiger partial charge in [0.15, 0.2) is 15.8 Å². The second-order valence-electron chi connectivity index (χ2n) is 7.96. The predicted octanol–water partition coefficient (Wildman–Crippen LogP) is 8.87. The number of ether oxygens (including phenoxy) is 2. The van der Waals surface area contributed by atoms with Gasteiger partial charge in [-0.1, -0.05) is 81.3 Å². The molecule has 0 aliphatic carbocycles. The zero-order chi connectivity index (χ0) is 26.5. The van der Waals surface area contributed by atoms with Crippen molar-refractivity contribution in [2.75, 3.05) is 11.5 Å². The Bertz CT molecular complexity index is 1390. The van der Waals surface area contributed by atoms with Gasteiger partial charge in [-0.15, -0.1) is 6.58 Å². The molecule has 0 radical (unpaired) electrons. The van der Waals surface area contributed by atoms with E-state index < -0.39 is 0 Å². The number of allylic oxidation sites excluding steroid dienone is 1. The largest absolute Gasteiger partial charge is 0.490 e. The second-order valence-corrected chi connectivity index (χ2v) is 11.4. The summed E-state index contributed by atoms with van der Waals surface area (Å²) in [5.74, 6) is 1.03. The topological polar surface area (TPSA) is 38.8 Å². The Balaban J connectivity index is 1.66. The molecule has 0 saturated carbocycles. The monoisotopic (exact) mass is 633 g/mol. The SMILES string of the molecule is C=CCc1cc(/C=C2/SC(=S)N(c3ccc(Cl)c(Cl)c3)C2=O)cc(OCC)c1OCc1ccc(Br)cc1. The van der Waals surface area contributed by atoms with Gasteiger partial charge < -0.3 is 9.47 Å². The van der Waals surface area contributed by atoms with Crippen LogP contribution in [0, 0.1) is 0 Å². The van der Waals surface area contributed by atoms with Gasteiger partial charge in [0, 0.05) is 10.0 Å². The lowest BCUT2D eigenvalue weighted by molar-refractivity contribution is -0.113. The van der Waals surface area contributed by atoms with E-state index >= 15 is 0 Å². The maximum Gasteiger partial charge on any atom is 0.270 e. The summed E-state index contributed by atoms with van der Waals surface area (Å²) in [6.07, 6.45) is 4.19. The molecule has 1 aliphatic rings. The summed E-state index contributed by atoms with van der Waals surface area (Å²) in [5, 5.41) is 0.762. The number of anilines is 1. The van der Waals surface area contributed by atoms with Crippen molar-refractivity contribution in [3.8, 4) is 11.5 Å². The van der Waals surface area contributed by atoms with Gasteiger partial charge >= 0.3 is 0 Å². The van der Waals surface area contributed by atoms with E-state index in [-0.39, 0.29) is 5.91 Å². The number of hydrogen-bond donors (Lipinski definition) is 0. The lowest BCUT2D eigenvalue weighted by Crippen LogP contribution is -2.27. The van der Waals surface area contributed by atoms with Crippen molar-refractivity contribution < 1.29 is 14.3 Å². The van der Waals surface area contributed by atoms with Gasteiger partial charge in [-0.25, -0.2) is 0 Å². The highest BCUT2D eigenvalue weighted by Gasteiger charge is 2.33. The molecule has 0 N–H and O–H groups in total. The molecule has 1 amide bonds. The van der Waals surface area contributed by atoms with Gasteiger partial charge in [0.05, 0.1) is 27.2 Å². The third kappa shape index (κ3) is 6.59. The van der Waals surface area contributed by atoms with E-state index in [1.807, 2.05) is 55.5 Å². The second kappa shape index (κ2) is 12.5. The Hall–Kier alpha value is -2.29. The van der Waals surface area contributed by atoms with E-state index in [4.69, 9.17) is 44.9 Å². The van der Waals surface area contributed by atoms with Crippen LogP contribution in [0.1, 0.15) is 23.6 Å². The first-order valence-corrected chi connectivity index (χ1v) is 14.1. The normalized spacial score (nSPS) is 14.4. The highest BCUT2D eigenvalue weighted by atomic mass is 79.9. The minimum Gasteiger partial charge on any atom is -0.490 e. The average Bonchev–Trinajstić information content (AvgIpc) is 3.14. The van der Waals surface area contributed by atoms with Crippen LogP contribution < -0.4 is 14.4 Å². The summed E-state index contributed by atoms with van der Waals surface area (Å²) in [6, 6.07) is 16.8. The molecule has 1 heterocycles. The van der Waals surface area contributed by atoms with Gasteiger partial charge in [-0.3, -0.25) is 9.69 Å². The summed E-state index contributed by atoms with van der Waals surface area (Å²) in [7, 11) is 0. The van der Waals surface area contributed by atoms with Crippen LogP contribution >= 0.6 is 63.1 Å². The van der Waals surface area contributed by atoms with Crippen molar-refractivity contribution in [1.29, 1.82) is 0 Å². The zero-order valence-corrected chi connectivity index (χ0v) is 24.5. The lowest BCUT2D eigenvalue weighted by atomic mass is 10.0. The molecule has 1 fully saturated rings. The van der Waals surface area contributed by atoms with Gasteiger partial charge in [0.25, 0.3) is 5.91 Å². The van der Waals surface area contributed by atoms with Crippen molar-refractivity contribution >= 4 is 85.1 Å². The Morgan fingerprint density at radius 1 is 1.08 bits per heavy atom. The Morgan fingerprint density at radius 2 is 1.84 bits per heavy atom. The zero-order valence-electron chi connectivity index (χ0n) is 19.8. The van der Waals surface area contributed by atoms with Gasteiger partial charge in [-0.05, 0) is 73.0 Å². The fourth-order valence-electron chi connectivity index (χ4n) is 3.70. The molecule has 4 rings (SSSR count). The standard InChI is InChI=1S/C28H22BrCl2NO3S2/c1-3-5-19-12-18(13-24(34-4-2)26(19)35-16-17-6-8-20(29)9-7-17)14-25-27(33)32(28(36)37-25)21-10-11-22(30)23(31)15-21/h3,6-15H,1,4-5,16H2,2H3/b25-14+. The van der Waals surface area contributed by atoms with E-state index in [0.717, 1.165) is 21.2 Å². The Morgan fingerprint density at radius 3 is 2.51 bits per heavy atom. The predicted molar refractivity (Wildman–Crippen MR) is 162 cm³/mol. The molecule has 0 spiro atoms. The number of carbonyl (C=O) groups excluding carboxylic acids is 1. The molecule has 1 aliphatic heterocycles. The summed E-state index contributed by atoms with van der Waals surface area (Å²) in [4.78, 5) is 15.2. The Labute approximate surface area is 244 Å². The van der Waals surface area contributed by atoms with Crippen molar-refractivity contribution in [1.82, 2.24) is 0 Å². The van der Waals surface area contributed by atoms with Crippen LogP contribution in [-0.4, -0.2) is 16.8 Å². The summed E-state index contributed by atoms with van der Waals surface area (Å²) < 4.78 is 13.6. The third-order valence-electron chi connectivity index (χ3n) is 5.37.